The molecule has 0 saturated heterocycles. The smallest absolute Gasteiger partial charge is 0.127 e. The number of benzene rings is 1. The molecule has 86 valence electrons. The van der Waals surface area contributed by atoms with E-state index in [0.717, 1.165) is 6.29 Å². The minimum atomic E-state index is 0.124. The molecule has 1 aliphatic rings. The monoisotopic (exact) mass is 216 g/mol. The SMILES string of the molecule is O=CC(c1ccccc1)C1CCCCCC1. The van der Waals surface area contributed by atoms with Crippen LogP contribution in [0.5, 0.6) is 0 Å². The topological polar surface area (TPSA) is 17.1 Å². The van der Waals surface area contributed by atoms with Crippen LogP contribution < -0.4 is 0 Å². The van der Waals surface area contributed by atoms with Gasteiger partial charge in [0.25, 0.3) is 0 Å². The van der Waals surface area contributed by atoms with Crippen molar-refractivity contribution in [2.24, 2.45) is 5.92 Å². The highest BCUT2D eigenvalue weighted by Gasteiger charge is 2.23. The molecule has 1 atom stereocenters. The molecule has 0 aliphatic heterocycles. The highest BCUT2D eigenvalue weighted by Crippen LogP contribution is 2.33. The number of carbonyl (C=O) groups excluding carboxylic acids is 1. The van der Waals surface area contributed by atoms with Crippen molar-refractivity contribution in [3.63, 3.8) is 0 Å². The van der Waals surface area contributed by atoms with Gasteiger partial charge in [-0.1, -0.05) is 56.0 Å². The van der Waals surface area contributed by atoms with Crippen LogP contribution in [0, 0.1) is 5.92 Å². The van der Waals surface area contributed by atoms with Crippen molar-refractivity contribution in [3.8, 4) is 0 Å². The van der Waals surface area contributed by atoms with Crippen LogP contribution in [-0.4, -0.2) is 6.29 Å². The van der Waals surface area contributed by atoms with Gasteiger partial charge in [-0.15, -0.1) is 0 Å². The summed E-state index contributed by atoms with van der Waals surface area (Å²) in [7, 11) is 0. The van der Waals surface area contributed by atoms with E-state index in [1.165, 1.54) is 44.1 Å². The second-order valence-electron chi connectivity index (χ2n) is 4.82. The molecule has 1 nitrogen and oxygen atoms in total. The molecule has 2 rings (SSSR count). The molecule has 16 heavy (non-hydrogen) atoms. The van der Waals surface area contributed by atoms with Gasteiger partial charge in [0.2, 0.25) is 0 Å². The van der Waals surface area contributed by atoms with Gasteiger partial charge in [0.1, 0.15) is 6.29 Å². The largest absolute Gasteiger partial charge is 0.303 e. The fourth-order valence-corrected chi connectivity index (χ4v) is 2.81. The van der Waals surface area contributed by atoms with E-state index in [-0.39, 0.29) is 5.92 Å². The zero-order chi connectivity index (χ0) is 11.2. The first-order chi connectivity index (χ1) is 7.92. The van der Waals surface area contributed by atoms with E-state index < -0.39 is 0 Å². The summed E-state index contributed by atoms with van der Waals surface area (Å²) < 4.78 is 0. The summed E-state index contributed by atoms with van der Waals surface area (Å²) in [6.07, 6.45) is 8.87. The van der Waals surface area contributed by atoms with Gasteiger partial charge < -0.3 is 4.79 Å². The molecular weight excluding hydrogens is 196 g/mol. The molecule has 0 N–H and O–H groups in total. The summed E-state index contributed by atoms with van der Waals surface area (Å²) in [5.41, 5.74) is 1.20. The highest BCUT2D eigenvalue weighted by atomic mass is 16.1. The fourth-order valence-electron chi connectivity index (χ4n) is 2.81. The molecule has 0 radical (unpaired) electrons. The number of rotatable bonds is 3. The minimum absolute atomic E-state index is 0.124. The number of hydrogen-bond acceptors (Lipinski definition) is 1. The lowest BCUT2D eigenvalue weighted by molar-refractivity contribution is -0.110. The van der Waals surface area contributed by atoms with Crippen LogP contribution in [0.3, 0.4) is 0 Å². The third kappa shape index (κ3) is 2.72. The van der Waals surface area contributed by atoms with Crippen molar-refractivity contribution >= 4 is 6.29 Å². The highest BCUT2D eigenvalue weighted by molar-refractivity contribution is 5.62. The van der Waals surface area contributed by atoms with Crippen molar-refractivity contribution in [1.82, 2.24) is 0 Å². The molecular formula is C15H20O. The third-order valence-electron chi connectivity index (χ3n) is 3.74. The van der Waals surface area contributed by atoms with Gasteiger partial charge in [0.15, 0.2) is 0 Å². The molecule has 0 heterocycles. The van der Waals surface area contributed by atoms with Crippen molar-refractivity contribution in [2.75, 3.05) is 0 Å². The zero-order valence-electron chi connectivity index (χ0n) is 9.77. The molecule has 1 unspecified atom stereocenters. The van der Waals surface area contributed by atoms with E-state index >= 15 is 0 Å². The predicted octanol–water partition coefficient (Wildman–Crippen LogP) is 3.94. The molecule has 1 aromatic carbocycles. The quantitative estimate of drug-likeness (QED) is 0.552. The van der Waals surface area contributed by atoms with Crippen LogP contribution in [0.2, 0.25) is 0 Å². The summed E-state index contributed by atoms with van der Waals surface area (Å²) in [6.45, 7) is 0. The number of hydrogen-bond donors (Lipinski definition) is 0. The predicted molar refractivity (Wildman–Crippen MR) is 66.4 cm³/mol. The summed E-state index contributed by atoms with van der Waals surface area (Å²) >= 11 is 0. The summed E-state index contributed by atoms with van der Waals surface area (Å²) in [5.74, 6) is 0.696. The van der Waals surface area contributed by atoms with Crippen LogP contribution in [0.25, 0.3) is 0 Å². The Labute approximate surface area is 97.9 Å². The first kappa shape index (κ1) is 11.4. The van der Waals surface area contributed by atoms with E-state index in [9.17, 15) is 4.79 Å². The number of carbonyl (C=O) groups is 1. The van der Waals surface area contributed by atoms with Crippen LogP contribution in [0.4, 0.5) is 0 Å². The van der Waals surface area contributed by atoms with E-state index in [1.54, 1.807) is 0 Å². The van der Waals surface area contributed by atoms with Gasteiger partial charge >= 0.3 is 0 Å². The second-order valence-corrected chi connectivity index (χ2v) is 4.82. The van der Waals surface area contributed by atoms with E-state index in [1.807, 2.05) is 18.2 Å². The lowest BCUT2D eigenvalue weighted by Crippen LogP contribution is -2.13. The lowest BCUT2D eigenvalue weighted by atomic mass is 9.82. The zero-order valence-corrected chi connectivity index (χ0v) is 9.77. The summed E-state index contributed by atoms with van der Waals surface area (Å²) in [4.78, 5) is 11.3. The van der Waals surface area contributed by atoms with Gasteiger partial charge in [-0.25, -0.2) is 0 Å². The maximum atomic E-state index is 11.3. The van der Waals surface area contributed by atoms with Crippen LogP contribution in [-0.2, 0) is 4.79 Å². The third-order valence-corrected chi connectivity index (χ3v) is 3.74. The Morgan fingerprint density at radius 1 is 1.00 bits per heavy atom. The van der Waals surface area contributed by atoms with Crippen molar-refractivity contribution in [3.05, 3.63) is 35.9 Å². The minimum Gasteiger partial charge on any atom is -0.303 e. The van der Waals surface area contributed by atoms with E-state index in [4.69, 9.17) is 0 Å². The fraction of sp³-hybridized carbons (Fsp3) is 0.533. The Kier molecular flexibility index (Phi) is 4.15. The lowest BCUT2D eigenvalue weighted by Gasteiger charge is -2.21. The molecule has 1 aromatic rings. The first-order valence-corrected chi connectivity index (χ1v) is 6.42. The molecule has 0 spiro atoms. The van der Waals surface area contributed by atoms with Crippen molar-refractivity contribution in [2.45, 2.75) is 44.4 Å². The Balaban J connectivity index is 2.12. The Bertz CT molecular complexity index is 309. The van der Waals surface area contributed by atoms with Gasteiger partial charge in [-0.3, -0.25) is 0 Å². The van der Waals surface area contributed by atoms with E-state index in [0.29, 0.717) is 5.92 Å². The molecule has 1 saturated carbocycles. The van der Waals surface area contributed by atoms with Crippen LogP contribution >= 0.6 is 0 Å². The molecule has 0 amide bonds. The molecule has 0 bridgehead atoms. The molecule has 1 heteroatoms. The normalized spacial score (nSPS) is 20.0. The van der Waals surface area contributed by atoms with Gasteiger partial charge in [-0.2, -0.15) is 0 Å². The average Bonchev–Trinajstić information content (AvgIpc) is 2.61. The first-order valence-electron chi connectivity index (χ1n) is 6.42. The Hall–Kier alpha value is -1.11. The van der Waals surface area contributed by atoms with Crippen LogP contribution in [0.1, 0.15) is 50.0 Å². The van der Waals surface area contributed by atoms with Crippen LogP contribution in [0.15, 0.2) is 30.3 Å². The molecule has 1 fully saturated rings. The van der Waals surface area contributed by atoms with Crippen molar-refractivity contribution in [1.29, 1.82) is 0 Å². The summed E-state index contributed by atoms with van der Waals surface area (Å²) in [5, 5.41) is 0. The second kappa shape index (κ2) is 5.83. The number of aldehydes is 1. The van der Waals surface area contributed by atoms with Gasteiger partial charge in [-0.05, 0) is 24.3 Å². The average molecular weight is 216 g/mol. The summed E-state index contributed by atoms with van der Waals surface area (Å²) in [6, 6.07) is 10.2. The van der Waals surface area contributed by atoms with Gasteiger partial charge in [0, 0.05) is 5.92 Å². The Morgan fingerprint density at radius 2 is 1.62 bits per heavy atom. The van der Waals surface area contributed by atoms with E-state index in [2.05, 4.69) is 12.1 Å². The molecule has 0 aromatic heterocycles. The maximum absolute atomic E-state index is 11.3. The Morgan fingerprint density at radius 3 is 2.19 bits per heavy atom. The standard InChI is InChI=1S/C15H20O/c16-12-15(14-10-6-3-7-11-14)13-8-4-1-2-5-9-13/h3,6-7,10-13,15H,1-2,4-5,8-9H2. The molecule has 1 aliphatic carbocycles. The van der Waals surface area contributed by atoms with Gasteiger partial charge in [0.05, 0.1) is 0 Å². The maximum Gasteiger partial charge on any atom is 0.127 e. The van der Waals surface area contributed by atoms with Crippen molar-refractivity contribution < 1.29 is 4.79 Å².